The van der Waals surface area contributed by atoms with Gasteiger partial charge in [0.1, 0.15) is 0 Å². The summed E-state index contributed by atoms with van der Waals surface area (Å²) in [5, 5.41) is 0. The van der Waals surface area contributed by atoms with Crippen molar-refractivity contribution in [3.05, 3.63) is 52.7 Å². The first kappa shape index (κ1) is 11.7. The van der Waals surface area contributed by atoms with Crippen LogP contribution in [0.25, 0.3) is 5.69 Å². The van der Waals surface area contributed by atoms with Crippen molar-refractivity contribution in [1.82, 2.24) is 9.13 Å². The average Bonchev–Trinajstić information content (AvgIpc) is 2.71. The van der Waals surface area contributed by atoms with E-state index in [1.54, 1.807) is 15.3 Å². The SMILES string of the molecule is CC(C)n1ccn(-c2ccc(CN)cc2)c1=O. The van der Waals surface area contributed by atoms with Gasteiger partial charge in [0.2, 0.25) is 0 Å². The summed E-state index contributed by atoms with van der Waals surface area (Å²) in [7, 11) is 0. The van der Waals surface area contributed by atoms with E-state index >= 15 is 0 Å². The van der Waals surface area contributed by atoms with Gasteiger partial charge in [0.15, 0.2) is 0 Å². The molecule has 0 bridgehead atoms. The van der Waals surface area contributed by atoms with E-state index in [-0.39, 0.29) is 11.7 Å². The van der Waals surface area contributed by atoms with Crippen LogP contribution in [0, 0.1) is 0 Å². The van der Waals surface area contributed by atoms with E-state index in [1.165, 1.54) is 0 Å². The van der Waals surface area contributed by atoms with Gasteiger partial charge in [-0.05, 0) is 31.5 Å². The molecule has 0 saturated heterocycles. The number of aromatic nitrogens is 2. The fourth-order valence-electron chi connectivity index (χ4n) is 1.77. The van der Waals surface area contributed by atoms with Gasteiger partial charge in [0, 0.05) is 25.0 Å². The first-order valence-electron chi connectivity index (χ1n) is 5.72. The number of benzene rings is 1. The lowest BCUT2D eigenvalue weighted by Crippen LogP contribution is -2.24. The summed E-state index contributed by atoms with van der Waals surface area (Å²) in [6.45, 7) is 4.49. The third-order valence-electron chi connectivity index (χ3n) is 2.81. The standard InChI is InChI=1S/C13H17N3O/c1-10(2)15-7-8-16(13(15)17)12-5-3-11(9-14)4-6-12/h3-8,10H,9,14H2,1-2H3. The van der Waals surface area contributed by atoms with Crippen LogP contribution >= 0.6 is 0 Å². The van der Waals surface area contributed by atoms with E-state index in [9.17, 15) is 4.79 Å². The minimum absolute atomic E-state index is 0.0134. The van der Waals surface area contributed by atoms with Gasteiger partial charge in [-0.2, -0.15) is 0 Å². The summed E-state index contributed by atoms with van der Waals surface area (Å²) in [6, 6.07) is 7.87. The molecule has 1 heterocycles. The highest BCUT2D eigenvalue weighted by atomic mass is 16.1. The van der Waals surface area contributed by atoms with Gasteiger partial charge < -0.3 is 5.73 Å². The summed E-state index contributed by atoms with van der Waals surface area (Å²) < 4.78 is 3.34. The van der Waals surface area contributed by atoms with Gasteiger partial charge in [0.25, 0.3) is 0 Å². The second-order valence-corrected chi connectivity index (χ2v) is 4.32. The van der Waals surface area contributed by atoms with E-state index in [4.69, 9.17) is 5.73 Å². The summed E-state index contributed by atoms with van der Waals surface area (Å²) in [6.07, 6.45) is 3.60. The van der Waals surface area contributed by atoms with Crippen molar-refractivity contribution >= 4 is 0 Å². The van der Waals surface area contributed by atoms with Crippen LogP contribution in [-0.4, -0.2) is 9.13 Å². The molecule has 0 unspecified atom stereocenters. The molecule has 0 fully saturated rings. The Hall–Kier alpha value is -1.81. The minimum Gasteiger partial charge on any atom is -0.326 e. The summed E-state index contributed by atoms with van der Waals surface area (Å²) in [4.78, 5) is 12.1. The van der Waals surface area contributed by atoms with E-state index in [0.717, 1.165) is 11.3 Å². The van der Waals surface area contributed by atoms with Gasteiger partial charge in [0.05, 0.1) is 5.69 Å². The largest absolute Gasteiger partial charge is 0.332 e. The Morgan fingerprint density at radius 1 is 1.18 bits per heavy atom. The lowest BCUT2D eigenvalue weighted by atomic mass is 10.2. The van der Waals surface area contributed by atoms with Crippen molar-refractivity contribution in [3.63, 3.8) is 0 Å². The maximum absolute atomic E-state index is 12.1. The van der Waals surface area contributed by atoms with Crippen molar-refractivity contribution in [2.75, 3.05) is 0 Å². The Morgan fingerprint density at radius 2 is 1.82 bits per heavy atom. The fraction of sp³-hybridized carbons (Fsp3) is 0.308. The van der Waals surface area contributed by atoms with Gasteiger partial charge >= 0.3 is 5.69 Å². The molecule has 2 N–H and O–H groups in total. The molecule has 4 nitrogen and oxygen atoms in total. The predicted molar refractivity (Wildman–Crippen MR) is 68.3 cm³/mol. The summed E-state index contributed by atoms with van der Waals surface area (Å²) >= 11 is 0. The van der Waals surface area contributed by atoms with Crippen LogP contribution in [-0.2, 0) is 6.54 Å². The average molecular weight is 231 g/mol. The van der Waals surface area contributed by atoms with E-state index < -0.39 is 0 Å². The first-order chi connectivity index (χ1) is 8.13. The molecule has 0 aliphatic rings. The van der Waals surface area contributed by atoms with Crippen LogP contribution in [0.5, 0.6) is 0 Å². The molecule has 0 aliphatic carbocycles. The maximum atomic E-state index is 12.1. The molecule has 17 heavy (non-hydrogen) atoms. The lowest BCUT2D eigenvalue weighted by Gasteiger charge is -2.05. The van der Waals surface area contributed by atoms with Crippen molar-refractivity contribution in [2.45, 2.75) is 26.4 Å². The number of imidazole rings is 1. The number of nitrogens with two attached hydrogens (primary N) is 1. The number of hydrogen-bond donors (Lipinski definition) is 1. The highest BCUT2D eigenvalue weighted by molar-refractivity contribution is 5.34. The van der Waals surface area contributed by atoms with Gasteiger partial charge in [-0.15, -0.1) is 0 Å². The second kappa shape index (κ2) is 4.59. The highest BCUT2D eigenvalue weighted by Crippen LogP contribution is 2.08. The van der Waals surface area contributed by atoms with Crippen LogP contribution in [0.3, 0.4) is 0 Å². The molecule has 0 amide bonds. The highest BCUT2D eigenvalue weighted by Gasteiger charge is 2.07. The Labute approximate surface area is 100 Å². The third kappa shape index (κ3) is 2.17. The van der Waals surface area contributed by atoms with E-state index in [2.05, 4.69) is 0 Å². The smallest absolute Gasteiger partial charge is 0.326 e. The topological polar surface area (TPSA) is 52.9 Å². The van der Waals surface area contributed by atoms with Crippen molar-refractivity contribution in [2.24, 2.45) is 5.73 Å². The number of nitrogens with zero attached hydrogens (tertiary/aromatic N) is 2. The molecule has 1 aromatic heterocycles. The Morgan fingerprint density at radius 3 is 2.29 bits per heavy atom. The molecule has 4 heteroatoms. The molecule has 0 saturated carbocycles. The van der Waals surface area contributed by atoms with Crippen molar-refractivity contribution in [3.8, 4) is 5.69 Å². The summed E-state index contributed by atoms with van der Waals surface area (Å²) in [5.74, 6) is 0. The predicted octanol–water partition coefficient (Wildman–Crippen LogP) is 1.68. The van der Waals surface area contributed by atoms with Gasteiger partial charge in [-0.1, -0.05) is 12.1 Å². The normalized spacial score (nSPS) is 11.1. The quantitative estimate of drug-likeness (QED) is 0.873. The van der Waals surface area contributed by atoms with Crippen molar-refractivity contribution in [1.29, 1.82) is 0 Å². The molecule has 1 aromatic carbocycles. The monoisotopic (exact) mass is 231 g/mol. The number of rotatable bonds is 3. The summed E-state index contributed by atoms with van der Waals surface area (Å²) in [5.41, 5.74) is 7.45. The van der Waals surface area contributed by atoms with Crippen LogP contribution in [0.4, 0.5) is 0 Å². The molecular weight excluding hydrogens is 214 g/mol. The van der Waals surface area contributed by atoms with Crippen molar-refractivity contribution < 1.29 is 0 Å². The first-order valence-corrected chi connectivity index (χ1v) is 5.72. The molecular formula is C13H17N3O. The maximum Gasteiger partial charge on any atom is 0.332 e. The minimum atomic E-state index is -0.0134. The Bertz CT molecular complexity index is 549. The molecule has 0 radical (unpaired) electrons. The van der Waals surface area contributed by atoms with E-state index in [1.807, 2.05) is 44.3 Å². The number of hydrogen-bond acceptors (Lipinski definition) is 2. The molecule has 0 aliphatic heterocycles. The van der Waals surface area contributed by atoms with Gasteiger partial charge in [-0.3, -0.25) is 9.13 Å². The zero-order chi connectivity index (χ0) is 12.4. The molecule has 2 aromatic rings. The van der Waals surface area contributed by atoms with Gasteiger partial charge in [-0.25, -0.2) is 4.79 Å². The van der Waals surface area contributed by atoms with E-state index in [0.29, 0.717) is 6.54 Å². The van der Waals surface area contributed by atoms with Crippen LogP contribution in [0.1, 0.15) is 25.5 Å². The second-order valence-electron chi connectivity index (χ2n) is 4.32. The fourth-order valence-corrected chi connectivity index (χ4v) is 1.77. The Balaban J connectivity index is 2.43. The van der Waals surface area contributed by atoms with Crippen LogP contribution < -0.4 is 11.4 Å². The Kier molecular flexibility index (Phi) is 3.15. The zero-order valence-corrected chi connectivity index (χ0v) is 10.1. The molecule has 2 rings (SSSR count). The molecule has 0 spiro atoms. The lowest BCUT2D eigenvalue weighted by molar-refractivity contribution is 0.574. The zero-order valence-electron chi connectivity index (χ0n) is 10.1. The van der Waals surface area contributed by atoms with Crippen LogP contribution in [0.2, 0.25) is 0 Å². The third-order valence-corrected chi connectivity index (χ3v) is 2.81. The molecule has 90 valence electrons. The molecule has 0 atom stereocenters. The van der Waals surface area contributed by atoms with Crippen LogP contribution in [0.15, 0.2) is 41.5 Å².